The first kappa shape index (κ1) is 16.4. The van der Waals surface area contributed by atoms with Crippen molar-refractivity contribution in [2.75, 3.05) is 19.7 Å². The summed E-state index contributed by atoms with van der Waals surface area (Å²) in [4.78, 5) is 0. The summed E-state index contributed by atoms with van der Waals surface area (Å²) in [5.41, 5.74) is 0.826. The van der Waals surface area contributed by atoms with E-state index in [0.29, 0.717) is 17.9 Å². The van der Waals surface area contributed by atoms with Crippen molar-refractivity contribution in [3.63, 3.8) is 0 Å². The highest BCUT2D eigenvalue weighted by Crippen LogP contribution is 2.23. The van der Waals surface area contributed by atoms with E-state index in [2.05, 4.69) is 19.2 Å². The lowest BCUT2D eigenvalue weighted by Crippen LogP contribution is -2.30. The van der Waals surface area contributed by atoms with Gasteiger partial charge in [-0.25, -0.2) is 4.39 Å². The molecular formula is C18H28FNO. The van der Waals surface area contributed by atoms with Gasteiger partial charge in [0.1, 0.15) is 5.82 Å². The minimum absolute atomic E-state index is 0.0845. The van der Waals surface area contributed by atoms with E-state index in [1.807, 2.05) is 12.1 Å². The molecule has 21 heavy (non-hydrogen) atoms. The topological polar surface area (TPSA) is 21.3 Å². The van der Waals surface area contributed by atoms with E-state index in [1.54, 1.807) is 12.1 Å². The van der Waals surface area contributed by atoms with Crippen molar-refractivity contribution in [2.45, 2.75) is 45.6 Å². The van der Waals surface area contributed by atoms with E-state index in [9.17, 15) is 4.39 Å². The molecule has 3 heteroatoms. The van der Waals surface area contributed by atoms with Gasteiger partial charge in [-0.3, -0.25) is 0 Å². The fourth-order valence-corrected chi connectivity index (χ4v) is 2.99. The second-order valence-electron chi connectivity index (χ2n) is 6.58. The van der Waals surface area contributed by atoms with Crippen LogP contribution in [0.4, 0.5) is 4.39 Å². The van der Waals surface area contributed by atoms with Crippen LogP contribution in [0.15, 0.2) is 24.3 Å². The van der Waals surface area contributed by atoms with Crippen LogP contribution in [-0.2, 0) is 11.2 Å². The highest BCUT2D eigenvalue weighted by molar-refractivity contribution is 5.18. The molecule has 0 aromatic heterocycles. The molecule has 1 aliphatic rings. The molecule has 1 fully saturated rings. The van der Waals surface area contributed by atoms with Gasteiger partial charge >= 0.3 is 0 Å². The number of benzene rings is 1. The molecule has 1 N–H and O–H groups in total. The molecule has 2 unspecified atom stereocenters. The van der Waals surface area contributed by atoms with Crippen molar-refractivity contribution in [3.8, 4) is 0 Å². The van der Waals surface area contributed by atoms with Gasteiger partial charge in [-0.05, 0) is 62.2 Å². The predicted octanol–water partition coefficient (Wildman–Crippen LogP) is 3.80. The Labute approximate surface area is 128 Å². The maximum atomic E-state index is 13.9. The van der Waals surface area contributed by atoms with Crippen LogP contribution in [0.2, 0.25) is 0 Å². The number of nitrogens with one attached hydrogen (secondary N) is 1. The van der Waals surface area contributed by atoms with Crippen molar-refractivity contribution in [2.24, 2.45) is 11.8 Å². The molecule has 0 aliphatic carbocycles. The van der Waals surface area contributed by atoms with Gasteiger partial charge in [-0.2, -0.15) is 0 Å². The van der Waals surface area contributed by atoms with Crippen LogP contribution in [0.1, 0.15) is 38.7 Å². The SMILES string of the molecule is CC(C)CNCC(Cc1ccccc1F)CC1CCCO1. The first-order chi connectivity index (χ1) is 10.1. The summed E-state index contributed by atoms with van der Waals surface area (Å²) in [7, 11) is 0. The monoisotopic (exact) mass is 293 g/mol. The lowest BCUT2D eigenvalue weighted by atomic mass is 9.92. The molecule has 2 rings (SSSR count). The summed E-state index contributed by atoms with van der Waals surface area (Å²) in [6.07, 6.45) is 4.49. The standard InChI is InChI=1S/C18H28FNO/c1-14(2)12-20-13-15(11-17-7-5-9-21-17)10-16-6-3-4-8-18(16)19/h3-4,6,8,14-15,17,20H,5,7,9-13H2,1-2H3. The third-order valence-electron chi connectivity index (χ3n) is 4.07. The third kappa shape index (κ3) is 5.76. The molecule has 0 amide bonds. The predicted molar refractivity (Wildman–Crippen MR) is 84.9 cm³/mol. The van der Waals surface area contributed by atoms with E-state index in [1.165, 1.54) is 0 Å². The van der Waals surface area contributed by atoms with Crippen LogP contribution in [-0.4, -0.2) is 25.8 Å². The van der Waals surface area contributed by atoms with Crippen molar-refractivity contribution in [3.05, 3.63) is 35.6 Å². The first-order valence-electron chi connectivity index (χ1n) is 8.21. The van der Waals surface area contributed by atoms with Crippen LogP contribution >= 0.6 is 0 Å². The van der Waals surface area contributed by atoms with Gasteiger partial charge in [0.2, 0.25) is 0 Å². The number of halogens is 1. The van der Waals surface area contributed by atoms with Crippen LogP contribution in [0.5, 0.6) is 0 Å². The minimum Gasteiger partial charge on any atom is -0.378 e. The Morgan fingerprint density at radius 3 is 2.76 bits per heavy atom. The van der Waals surface area contributed by atoms with Crippen LogP contribution in [0, 0.1) is 17.7 Å². The first-order valence-corrected chi connectivity index (χ1v) is 8.21. The fraction of sp³-hybridized carbons (Fsp3) is 0.667. The van der Waals surface area contributed by atoms with E-state index >= 15 is 0 Å². The highest BCUT2D eigenvalue weighted by atomic mass is 19.1. The number of ether oxygens (including phenoxy) is 1. The molecule has 1 aromatic carbocycles. The maximum absolute atomic E-state index is 13.9. The lowest BCUT2D eigenvalue weighted by molar-refractivity contribution is 0.0890. The molecule has 118 valence electrons. The average Bonchev–Trinajstić information content (AvgIpc) is 2.93. The molecule has 0 bridgehead atoms. The summed E-state index contributed by atoms with van der Waals surface area (Å²) in [6.45, 7) is 7.25. The van der Waals surface area contributed by atoms with Gasteiger partial charge in [0.05, 0.1) is 6.10 Å². The summed E-state index contributed by atoms with van der Waals surface area (Å²) < 4.78 is 19.6. The second kappa shape index (κ2) is 8.50. The third-order valence-corrected chi connectivity index (χ3v) is 4.07. The smallest absolute Gasteiger partial charge is 0.126 e. The minimum atomic E-state index is -0.0845. The zero-order chi connectivity index (χ0) is 15.1. The largest absolute Gasteiger partial charge is 0.378 e. The van der Waals surface area contributed by atoms with Crippen molar-refractivity contribution >= 4 is 0 Å². The summed E-state index contributed by atoms with van der Waals surface area (Å²) in [6, 6.07) is 7.13. The molecule has 1 heterocycles. The zero-order valence-electron chi connectivity index (χ0n) is 13.3. The van der Waals surface area contributed by atoms with E-state index in [-0.39, 0.29) is 5.82 Å². The summed E-state index contributed by atoms with van der Waals surface area (Å²) in [5.74, 6) is 0.990. The van der Waals surface area contributed by atoms with Crippen molar-refractivity contribution < 1.29 is 9.13 Å². The fourth-order valence-electron chi connectivity index (χ4n) is 2.99. The van der Waals surface area contributed by atoms with Crippen molar-refractivity contribution in [1.82, 2.24) is 5.32 Å². The Morgan fingerprint density at radius 1 is 1.29 bits per heavy atom. The van der Waals surface area contributed by atoms with Gasteiger partial charge in [0.25, 0.3) is 0 Å². The van der Waals surface area contributed by atoms with Gasteiger partial charge in [0.15, 0.2) is 0 Å². The summed E-state index contributed by atoms with van der Waals surface area (Å²) >= 11 is 0. The molecule has 2 atom stereocenters. The van der Waals surface area contributed by atoms with Crippen LogP contribution in [0.3, 0.4) is 0 Å². The number of hydrogen-bond acceptors (Lipinski definition) is 2. The second-order valence-corrected chi connectivity index (χ2v) is 6.58. The lowest BCUT2D eigenvalue weighted by Gasteiger charge is -2.22. The van der Waals surface area contributed by atoms with Gasteiger partial charge < -0.3 is 10.1 Å². The normalized spacial score (nSPS) is 20.1. The van der Waals surface area contributed by atoms with Crippen LogP contribution in [0.25, 0.3) is 0 Å². The molecule has 1 saturated heterocycles. The Hall–Kier alpha value is -0.930. The molecule has 0 saturated carbocycles. The Kier molecular flexibility index (Phi) is 6.65. The maximum Gasteiger partial charge on any atom is 0.126 e. The molecule has 1 aliphatic heterocycles. The molecule has 2 nitrogen and oxygen atoms in total. The number of rotatable bonds is 8. The Morgan fingerprint density at radius 2 is 2.10 bits per heavy atom. The highest BCUT2D eigenvalue weighted by Gasteiger charge is 2.21. The zero-order valence-corrected chi connectivity index (χ0v) is 13.3. The van der Waals surface area contributed by atoms with Gasteiger partial charge in [-0.15, -0.1) is 0 Å². The van der Waals surface area contributed by atoms with Crippen molar-refractivity contribution in [1.29, 1.82) is 0 Å². The van der Waals surface area contributed by atoms with E-state index in [4.69, 9.17) is 4.74 Å². The van der Waals surface area contributed by atoms with E-state index in [0.717, 1.165) is 50.9 Å². The van der Waals surface area contributed by atoms with E-state index < -0.39 is 0 Å². The molecular weight excluding hydrogens is 265 g/mol. The molecule has 0 radical (unpaired) electrons. The Balaban J connectivity index is 1.91. The van der Waals surface area contributed by atoms with Gasteiger partial charge in [0, 0.05) is 6.61 Å². The average molecular weight is 293 g/mol. The number of hydrogen-bond donors (Lipinski definition) is 1. The van der Waals surface area contributed by atoms with Crippen LogP contribution < -0.4 is 5.32 Å². The van der Waals surface area contributed by atoms with Gasteiger partial charge in [-0.1, -0.05) is 32.0 Å². The Bertz CT molecular complexity index is 415. The quantitative estimate of drug-likeness (QED) is 0.787. The summed E-state index contributed by atoms with van der Waals surface area (Å²) in [5, 5.41) is 3.52. The molecule has 1 aromatic rings. The molecule has 0 spiro atoms.